The molecule has 4 heteroatoms. The molecule has 0 bridgehead atoms. The molecule has 4 nitrogen and oxygen atoms in total. The van der Waals surface area contributed by atoms with Crippen molar-refractivity contribution in [1.82, 2.24) is 14.7 Å². The van der Waals surface area contributed by atoms with Crippen LogP contribution in [0.15, 0.2) is 6.07 Å². The fourth-order valence-corrected chi connectivity index (χ4v) is 2.27. The largest absolute Gasteiger partial charge is 0.298 e. The van der Waals surface area contributed by atoms with Crippen molar-refractivity contribution in [3.05, 3.63) is 17.5 Å². The van der Waals surface area contributed by atoms with Gasteiger partial charge in [0.05, 0.1) is 17.9 Å². The van der Waals surface area contributed by atoms with Crippen molar-refractivity contribution in [2.75, 3.05) is 13.1 Å². The van der Waals surface area contributed by atoms with Crippen LogP contribution >= 0.6 is 0 Å². The fourth-order valence-electron chi connectivity index (χ4n) is 2.27. The average Bonchev–Trinajstić information content (AvgIpc) is 2.59. The van der Waals surface area contributed by atoms with Crippen LogP contribution in [0.5, 0.6) is 0 Å². The molecule has 0 radical (unpaired) electrons. The molecule has 1 aliphatic rings. The van der Waals surface area contributed by atoms with Crippen LogP contribution in [0.25, 0.3) is 0 Å². The van der Waals surface area contributed by atoms with Gasteiger partial charge in [0.1, 0.15) is 5.78 Å². The van der Waals surface area contributed by atoms with Gasteiger partial charge in [-0.25, -0.2) is 0 Å². The van der Waals surface area contributed by atoms with Crippen LogP contribution in [0.1, 0.15) is 31.2 Å². The Kier molecular flexibility index (Phi) is 3.39. The molecule has 2 heterocycles. The molecule has 1 aromatic rings. The lowest BCUT2D eigenvalue weighted by Gasteiger charge is -2.25. The molecule has 0 unspecified atom stereocenters. The smallest absolute Gasteiger partial charge is 0.146 e. The first-order valence-corrected chi connectivity index (χ1v) is 5.96. The molecule has 0 aliphatic carbocycles. The highest BCUT2D eigenvalue weighted by Crippen LogP contribution is 2.12. The number of aromatic nitrogens is 2. The lowest BCUT2D eigenvalue weighted by molar-refractivity contribution is -0.122. The zero-order valence-electron chi connectivity index (χ0n) is 10.1. The van der Waals surface area contributed by atoms with E-state index in [9.17, 15) is 4.79 Å². The van der Waals surface area contributed by atoms with E-state index in [1.807, 2.05) is 11.6 Å². The van der Waals surface area contributed by atoms with E-state index in [1.54, 1.807) is 0 Å². The molecule has 0 atom stereocenters. The number of carbonyl (C=O) groups excluding carboxylic acids is 1. The molecule has 1 aliphatic heterocycles. The molecule has 1 saturated heterocycles. The second-order valence-corrected chi connectivity index (χ2v) is 4.45. The number of rotatable bonds is 3. The van der Waals surface area contributed by atoms with Crippen molar-refractivity contribution < 1.29 is 4.79 Å². The Morgan fingerprint density at radius 2 is 2.31 bits per heavy atom. The Labute approximate surface area is 96.2 Å². The Hall–Kier alpha value is -1.16. The zero-order chi connectivity index (χ0) is 11.5. The van der Waals surface area contributed by atoms with Crippen LogP contribution in [0.4, 0.5) is 0 Å². The summed E-state index contributed by atoms with van der Waals surface area (Å²) in [5.74, 6) is 0.366. The first-order chi connectivity index (χ1) is 7.69. The van der Waals surface area contributed by atoms with Gasteiger partial charge in [-0.1, -0.05) is 0 Å². The number of aryl methyl sites for hydroxylation is 2. The van der Waals surface area contributed by atoms with Crippen molar-refractivity contribution in [3.63, 3.8) is 0 Å². The van der Waals surface area contributed by atoms with E-state index < -0.39 is 0 Å². The second kappa shape index (κ2) is 4.78. The number of hydrogen-bond acceptors (Lipinski definition) is 3. The number of hydrogen-bond donors (Lipinski definition) is 0. The van der Waals surface area contributed by atoms with Crippen molar-refractivity contribution in [2.24, 2.45) is 0 Å². The maximum Gasteiger partial charge on any atom is 0.146 e. The molecule has 0 spiro atoms. The Morgan fingerprint density at radius 3 is 3.00 bits per heavy atom. The number of ketones is 1. The van der Waals surface area contributed by atoms with Crippen LogP contribution in [0, 0.1) is 6.92 Å². The summed E-state index contributed by atoms with van der Waals surface area (Å²) in [5.41, 5.74) is 2.27. The van der Waals surface area contributed by atoms with Crippen LogP contribution in [0.2, 0.25) is 0 Å². The lowest BCUT2D eigenvalue weighted by Crippen LogP contribution is -2.35. The monoisotopic (exact) mass is 221 g/mol. The molecule has 16 heavy (non-hydrogen) atoms. The van der Waals surface area contributed by atoms with Crippen LogP contribution in [-0.2, 0) is 17.9 Å². The third-order valence-electron chi connectivity index (χ3n) is 3.00. The van der Waals surface area contributed by atoms with Gasteiger partial charge in [-0.3, -0.25) is 14.4 Å². The SMILES string of the molecule is CCn1nc(C)cc1CN1CCCC(=O)C1. The predicted molar refractivity (Wildman–Crippen MR) is 62.2 cm³/mol. The summed E-state index contributed by atoms with van der Waals surface area (Å²) in [4.78, 5) is 13.6. The summed E-state index contributed by atoms with van der Waals surface area (Å²) in [6, 6.07) is 2.11. The number of likely N-dealkylation sites (tertiary alicyclic amines) is 1. The molecule has 0 saturated carbocycles. The minimum Gasteiger partial charge on any atom is -0.298 e. The average molecular weight is 221 g/mol. The van der Waals surface area contributed by atoms with Crippen molar-refractivity contribution in [2.45, 2.75) is 39.8 Å². The van der Waals surface area contributed by atoms with Crippen molar-refractivity contribution >= 4 is 5.78 Å². The van der Waals surface area contributed by atoms with Gasteiger partial charge in [0.15, 0.2) is 0 Å². The van der Waals surface area contributed by atoms with Gasteiger partial charge >= 0.3 is 0 Å². The summed E-state index contributed by atoms with van der Waals surface area (Å²) in [7, 11) is 0. The summed E-state index contributed by atoms with van der Waals surface area (Å²) in [6.45, 7) is 7.48. The number of nitrogens with zero attached hydrogens (tertiary/aromatic N) is 3. The Balaban J connectivity index is 2.04. The summed E-state index contributed by atoms with van der Waals surface area (Å²) < 4.78 is 2.02. The third kappa shape index (κ3) is 2.50. The first-order valence-electron chi connectivity index (χ1n) is 5.96. The molecular weight excluding hydrogens is 202 g/mol. The van der Waals surface area contributed by atoms with E-state index in [0.29, 0.717) is 12.3 Å². The number of carbonyl (C=O) groups is 1. The van der Waals surface area contributed by atoms with Crippen LogP contribution in [0.3, 0.4) is 0 Å². The van der Waals surface area contributed by atoms with Gasteiger partial charge < -0.3 is 0 Å². The topological polar surface area (TPSA) is 38.1 Å². The van der Waals surface area contributed by atoms with E-state index in [2.05, 4.69) is 23.0 Å². The van der Waals surface area contributed by atoms with Crippen LogP contribution < -0.4 is 0 Å². The Morgan fingerprint density at radius 1 is 1.50 bits per heavy atom. The highest BCUT2D eigenvalue weighted by Gasteiger charge is 2.18. The summed E-state index contributed by atoms with van der Waals surface area (Å²) >= 11 is 0. The highest BCUT2D eigenvalue weighted by atomic mass is 16.1. The fraction of sp³-hybridized carbons (Fsp3) is 0.667. The molecule has 88 valence electrons. The van der Waals surface area contributed by atoms with Gasteiger partial charge in [-0.2, -0.15) is 5.10 Å². The van der Waals surface area contributed by atoms with Gasteiger partial charge in [-0.05, 0) is 32.9 Å². The van der Waals surface area contributed by atoms with Gasteiger partial charge in [0.2, 0.25) is 0 Å². The van der Waals surface area contributed by atoms with E-state index in [-0.39, 0.29) is 0 Å². The quantitative estimate of drug-likeness (QED) is 0.774. The third-order valence-corrected chi connectivity index (χ3v) is 3.00. The van der Waals surface area contributed by atoms with Gasteiger partial charge in [0, 0.05) is 19.5 Å². The van der Waals surface area contributed by atoms with E-state index in [4.69, 9.17) is 0 Å². The Bertz CT molecular complexity index is 384. The maximum absolute atomic E-state index is 11.4. The first kappa shape index (κ1) is 11.3. The number of Topliss-reactive ketones (excluding diaryl/α,β-unsaturated/α-hetero) is 1. The maximum atomic E-state index is 11.4. The predicted octanol–water partition coefficient (Wildman–Crippen LogP) is 1.38. The summed E-state index contributed by atoms with van der Waals surface area (Å²) in [6.07, 6.45) is 1.75. The second-order valence-electron chi connectivity index (χ2n) is 4.45. The molecule has 2 rings (SSSR count). The van der Waals surface area contributed by atoms with E-state index >= 15 is 0 Å². The van der Waals surface area contributed by atoms with Crippen LogP contribution in [-0.4, -0.2) is 33.6 Å². The van der Waals surface area contributed by atoms with Crippen molar-refractivity contribution in [3.8, 4) is 0 Å². The van der Waals surface area contributed by atoms with Crippen molar-refractivity contribution in [1.29, 1.82) is 0 Å². The minimum absolute atomic E-state index is 0.366. The molecule has 0 amide bonds. The molecule has 0 N–H and O–H groups in total. The molecule has 0 aromatic carbocycles. The minimum atomic E-state index is 0.366. The number of piperidine rings is 1. The van der Waals surface area contributed by atoms with E-state index in [1.165, 1.54) is 5.69 Å². The van der Waals surface area contributed by atoms with Gasteiger partial charge in [-0.15, -0.1) is 0 Å². The van der Waals surface area contributed by atoms with Gasteiger partial charge in [0.25, 0.3) is 0 Å². The molecule has 1 aromatic heterocycles. The zero-order valence-corrected chi connectivity index (χ0v) is 10.1. The summed E-state index contributed by atoms with van der Waals surface area (Å²) in [5, 5.41) is 4.42. The van der Waals surface area contributed by atoms with E-state index in [0.717, 1.165) is 38.2 Å². The highest BCUT2D eigenvalue weighted by molar-refractivity contribution is 5.81. The molecule has 1 fully saturated rings. The standard InChI is InChI=1S/C12H19N3O/c1-3-15-11(7-10(2)13-15)8-14-6-4-5-12(16)9-14/h7H,3-6,8-9H2,1-2H3. The lowest BCUT2D eigenvalue weighted by atomic mass is 10.1. The molecular formula is C12H19N3O. The normalized spacial score (nSPS) is 18.0.